The fraction of sp³-hybridized carbons (Fsp3) is 0.0156. The maximum atomic E-state index is 7.00. The van der Waals surface area contributed by atoms with E-state index in [1.54, 1.807) is 0 Å². The van der Waals surface area contributed by atoms with Crippen molar-refractivity contribution in [1.82, 2.24) is 15.0 Å². The lowest BCUT2D eigenvalue weighted by Crippen LogP contribution is -2.28. The number of hydrogen-bond donors (Lipinski definition) is 0. The van der Waals surface area contributed by atoms with Crippen molar-refractivity contribution in [3.8, 4) is 102 Å². The van der Waals surface area contributed by atoms with E-state index >= 15 is 0 Å². The largest absolute Gasteiger partial charge is 0.449 e. The van der Waals surface area contributed by atoms with Crippen LogP contribution in [0.2, 0.25) is 0 Å². The van der Waals surface area contributed by atoms with Crippen molar-refractivity contribution < 1.29 is 9.47 Å². The van der Waals surface area contributed by atoms with Crippen LogP contribution in [0.15, 0.2) is 249 Å². The van der Waals surface area contributed by atoms with Crippen molar-refractivity contribution in [3.63, 3.8) is 0 Å². The molecule has 11 aromatic rings. The molecule has 0 fully saturated rings. The van der Waals surface area contributed by atoms with E-state index in [1.165, 1.54) is 22.3 Å². The summed E-state index contributed by atoms with van der Waals surface area (Å²) in [7, 11) is 0. The van der Waals surface area contributed by atoms with Gasteiger partial charge in [-0.1, -0.05) is 224 Å². The van der Waals surface area contributed by atoms with E-state index in [0.717, 1.165) is 61.2 Å². The van der Waals surface area contributed by atoms with Gasteiger partial charge in [-0.25, -0.2) is 15.0 Å². The van der Waals surface area contributed by atoms with Gasteiger partial charge in [-0.05, 0) is 85.5 Å². The number of ether oxygens (including phenoxy) is 2. The average molecular weight is 884 g/mol. The zero-order chi connectivity index (χ0) is 45.7. The molecule has 1 aliphatic heterocycles. The zero-order valence-electron chi connectivity index (χ0n) is 37.3. The van der Waals surface area contributed by atoms with E-state index in [0.29, 0.717) is 40.5 Å². The molecule has 0 atom stereocenters. The van der Waals surface area contributed by atoms with Crippen molar-refractivity contribution in [3.05, 3.63) is 271 Å². The molecule has 0 spiro atoms. The maximum absolute atomic E-state index is 7.00. The summed E-state index contributed by atoms with van der Waals surface area (Å²) < 4.78 is 13.9. The summed E-state index contributed by atoms with van der Waals surface area (Å²) in [6.07, 6.45) is 0. The van der Waals surface area contributed by atoms with Crippen molar-refractivity contribution >= 4 is 0 Å². The van der Waals surface area contributed by atoms with Gasteiger partial charge in [0.1, 0.15) is 0 Å². The van der Waals surface area contributed by atoms with Crippen molar-refractivity contribution in [1.29, 1.82) is 0 Å². The van der Waals surface area contributed by atoms with E-state index in [2.05, 4.69) is 218 Å². The molecule has 0 bridgehead atoms. The number of aromatic nitrogens is 3. The molecular formula is C64H41N3O2. The first kappa shape index (κ1) is 40.1. The number of rotatable bonds is 8. The topological polar surface area (TPSA) is 57.1 Å². The minimum absolute atomic E-state index is 0.554. The molecule has 1 aliphatic carbocycles. The molecule has 5 nitrogen and oxygen atoms in total. The average Bonchev–Trinajstić information content (AvgIpc) is 3.72. The summed E-state index contributed by atoms with van der Waals surface area (Å²) in [6, 6.07) is 86.7. The highest BCUT2D eigenvalue weighted by Crippen LogP contribution is 2.60. The van der Waals surface area contributed by atoms with Crippen molar-refractivity contribution in [2.75, 3.05) is 0 Å². The molecule has 2 aliphatic rings. The molecule has 13 rings (SSSR count). The molecule has 0 radical (unpaired) electrons. The predicted octanol–water partition coefficient (Wildman–Crippen LogP) is 16.1. The second kappa shape index (κ2) is 16.6. The zero-order valence-corrected chi connectivity index (χ0v) is 37.3. The van der Waals surface area contributed by atoms with Gasteiger partial charge >= 0.3 is 0 Å². The van der Waals surface area contributed by atoms with Crippen molar-refractivity contribution in [2.24, 2.45) is 0 Å². The molecule has 69 heavy (non-hydrogen) atoms. The smallest absolute Gasteiger partial charge is 0.177 e. The minimum Gasteiger partial charge on any atom is -0.449 e. The van der Waals surface area contributed by atoms with Gasteiger partial charge in [-0.2, -0.15) is 0 Å². The number of hydrogen-bond acceptors (Lipinski definition) is 5. The van der Waals surface area contributed by atoms with E-state index in [9.17, 15) is 0 Å². The van der Waals surface area contributed by atoms with Gasteiger partial charge in [-0.3, -0.25) is 0 Å². The first-order valence-corrected chi connectivity index (χ1v) is 23.2. The Morgan fingerprint density at radius 2 is 0.696 bits per heavy atom. The summed E-state index contributed by atoms with van der Waals surface area (Å²) in [4.78, 5) is 15.4. The Morgan fingerprint density at radius 3 is 1.29 bits per heavy atom. The van der Waals surface area contributed by atoms with Gasteiger partial charge in [0.25, 0.3) is 0 Å². The highest BCUT2D eigenvalue weighted by Gasteiger charge is 2.47. The second-order valence-electron chi connectivity index (χ2n) is 17.5. The fourth-order valence-electron chi connectivity index (χ4n) is 10.2. The number of para-hydroxylation sites is 1. The summed E-state index contributed by atoms with van der Waals surface area (Å²) in [5, 5.41) is 0. The molecule has 2 heterocycles. The Balaban J connectivity index is 0.893. The van der Waals surface area contributed by atoms with E-state index in [1.807, 2.05) is 30.3 Å². The van der Waals surface area contributed by atoms with Crippen LogP contribution in [-0.2, 0) is 5.41 Å². The Bertz CT molecular complexity index is 3550. The molecule has 0 saturated carbocycles. The van der Waals surface area contributed by atoms with Gasteiger partial charge in [0.15, 0.2) is 40.5 Å². The third-order valence-electron chi connectivity index (χ3n) is 13.5. The van der Waals surface area contributed by atoms with Crippen LogP contribution in [0.5, 0.6) is 23.0 Å². The lowest BCUT2D eigenvalue weighted by atomic mass is 9.67. The predicted molar refractivity (Wildman–Crippen MR) is 276 cm³/mol. The van der Waals surface area contributed by atoms with Crippen LogP contribution in [0.4, 0.5) is 0 Å². The first-order chi connectivity index (χ1) is 34.2. The molecule has 0 saturated heterocycles. The van der Waals surface area contributed by atoms with Gasteiger partial charge in [0.2, 0.25) is 0 Å². The SMILES string of the molecule is c1ccc(-c2ccc(-c3nc(-c4ccc(-c5ccccc5)cc4)nc(-c4cccc(-c5cccc6c5Oc5cc7c(cc5O6)C(c5ccccc5)(c5ccccc5)c5ccccc5-7)c4)n3)cc2)cc1. The van der Waals surface area contributed by atoms with Crippen LogP contribution < -0.4 is 9.47 Å². The van der Waals surface area contributed by atoms with E-state index < -0.39 is 5.41 Å². The number of benzene rings is 10. The van der Waals surface area contributed by atoms with Gasteiger partial charge in [0.05, 0.1) is 5.41 Å². The summed E-state index contributed by atoms with van der Waals surface area (Å²) in [6.45, 7) is 0. The highest BCUT2D eigenvalue weighted by molar-refractivity contribution is 5.89. The van der Waals surface area contributed by atoms with Crippen LogP contribution in [0.3, 0.4) is 0 Å². The Morgan fingerprint density at radius 1 is 0.261 bits per heavy atom. The summed E-state index contributed by atoms with van der Waals surface area (Å²) in [5.74, 6) is 4.40. The third-order valence-corrected chi connectivity index (χ3v) is 13.5. The van der Waals surface area contributed by atoms with Gasteiger partial charge < -0.3 is 9.47 Å². The molecule has 324 valence electrons. The number of nitrogens with zero attached hydrogens (tertiary/aromatic N) is 3. The quantitative estimate of drug-likeness (QED) is 0.152. The minimum atomic E-state index is -0.554. The molecule has 10 aromatic carbocycles. The van der Waals surface area contributed by atoms with E-state index in [4.69, 9.17) is 24.4 Å². The first-order valence-electron chi connectivity index (χ1n) is 23.2. The Kier molecular flexibility index (Phi) is 9.65. The lowest BCUT2D eigenvalue weighted by Gasteiger charge is -2.34. The fourth-order valence-corrected chi connectivity index (χ4v) is 10.2. The number of fused-ring (bicyclic) bond motifs is 5. The van der Waals surface area contributed by atoms with E-state index in [-0.39, 0.29) is 0 Å². The Hall–Kier alpha value is -9.19. The maximum Gasteiger partial charge on any atom is 0.177 e. The van der Waals surface area contributed by atoms with Crippen LogP contribution >= 0.6 is 0 Å². The normalized spacial score (nSPS) is 12.7. The van der Waals surface area contributed by atoms with Crippen LogP contribution in [0.1, 0.15) is 22.3 Å². The van der Waals surface area contributed by atoms with Crippen LogP contribution in [-0.4, -0.2) is 15.0 Å². The lowest BCUT2D eigenvalue weighted by molar-refractivity contribution is 0.360. The molecule has 5 heteroatoms. The molecule has 0 amide bonds. The Labute approximate surface area is 400 Å². The molecule has 0 unspecified atom stereocenters. The molecular weight excluding hydrogens is 843 g/mol. The molecule has 1 aromatic heterocycles. The second-order valence-corrected chi connectivity index (χ2v) is 17.5. The standard InChI is InChI=1S/C64H41N3O2/c1-5-17-42(18-6-1)44-31-35-46(36-32-44)61-65-62(47-37-33-45(34-38-47)43-19-7-2-8-20-43)67-63(66-61)49-22-15-21-48(39-49)52-28-16-30-57-60(52)69-58-40-54-53-27-13-14-29-55(53)64(50-23-9-3-10-24-50,51-25-11-4-12-26-51)56(54)41-59(58)68-57/h1-41H. The highest BCUT2D eigenvalue weighted by atomic mass is 16.6. The summed E-state index contributed by atoms with van der Waals surface area (Å²) >= 11 is 0. The van der Waals surface area contributed by atoms with Crippen LogP contribution in [0.25, 0.3) is 78.7 Å². The van der Waals surface area contributed by atoms with Crippen molar-refractivity contribution in [2.45, 2.75) is 5.41 Å². The molecule has 0 N–H and O–H groups in total. The van der Waals surface area contributed by atoms with Crippen LogP contribution in [0, 0.1) is 0 Å². The monoisotopic (exact) mass is 883 g/mol. The third kappa shape index (κ3) is 6.90. The van der Waals surface area contributed by atoms with Gasteiger partial charge in [-0.15, -0.1) is 0 Å². The van der Waals surface area contributed by atoms with Gasteiger partial charge in [0, 0.05) is 22.3 Å². The summed E-state index contributed by atoms with van der Waals surface area (Å²) in [5.41, 5.74) is 15.6.